The number of sulfonamides is 1. The number of benzene rings is 1. The summed E-state index contributed by atoms with van der Waals surface area (Å²) in [5.41, 5.74) is 1.35. The molecule has 1 aromatic carbocycles. The van der Waals surface area contributed by atoms with Crippen LogP contribution in [0.4, 0.5) is 0 Å². The van der Waals surface area contributed by atoms with Crippen LogP contribution >= 0.6 is 11.3 Å². The highest BCUT2D eigenvalue weighted by Gasteiger charge is 2.29. The van der Waals surface area contributed by atoms with Gasteiger partial charge in [0.05, 0.1) is 16.8 Å². The molecule has 3 rings (SSSR count). The first-order valence-electron chi connectivity index (χ1n) is 8.77. The summed E-state index contributed by atoms with van der Waals surface area (Å²) in [7, 11) is -3.61. The molecule has 0 bridgehead atoms. The third kappa shape index (κ3) is 3.75. The average molecular weight is 390 g/mol. The van der Waals surface area contributed by atoms with Crippen molar-refractivity contribution >= 4 is 21.4 Å². The van der Waals surface area contributed by atoms with Gasteiger partial charge in [-0.1, -0.05) is 38.1 Å². The highest BCUT2D eigenvalue weighted by atomic mass is 32.2. The first kappa shape index (κ1) is 18.8. The van der Waals surface area contributed by atoms with Crippen molar-refractivity contribution in [1.82, 2.24) is 14.1 Å². The van der Waals surface area contributed by atoms with E-state index in [-0.39, 0.29) is 4.90 Å². The predicted octanol–water partition coefficient (Wildman–Crippen LogP) is 4.41. The molecule has 3 aromatic rings. The molecule has 138 valence electrons. The zero-order valence-corrected chi connectivity index (χ0v) is 16.6. The summed E-state index contributed by atoms with van der Waals surface area (Å²) in [6, 6.07) is 13.4. The number of hydrogen-bond acceptors (Lipinski definition) is 4. The summed E-state index contributed by atoms with van der Waals surface area (Å²) >= 11 is 1.49. The fourth-order valence-corrected chi connectivity index (χ4v) is 5.37. The fourth-order valence-electron chi connectivity index (χ4n) is 2.83. The number of aromatic nitrogens is 2. The molecule has 0 saturated heterocycles. The molecule has 0 aliphatic carbocycles. The van der Waals surface area contributed by atoms with Crippen molar-refractivity contribution in [3.05, 3.63) is 54.0 Å². The predicted molar refractivity (Wildman–Crippen MR) is 106 cm³/mol. The van der Waals surface area contributed by atoms with Crippen molar-refractivity contribution in [2.45, 2.75) is 31.6 Å². The number of hydrogen-bond donors (Lipinski definition) is 0. The van der Waals surface area contributed by atoms with Crippen molar-refractivity contribution in [2.75, 3.05) is 13.1 Å². The Morgan fingerprint density at radius 3 is 2.31 bits per heavy atom. The van der Waals surface area contributed by atoms with Crippen LogP contribution in [0, 0.1) is 0 Å². The van der Waals surface area contributed by atoms with E-state index in [1.807, 2.05) is 61.7 Å². The molecule has 0 fully saturated rings. The van der Waals surface area contributed by atoms with Gasteiger partial charge in [-0.15, -0.1) is 11.3 Å². The van der Waals surface area contributed by atoms with Gasteiger partial charge in [0.1, 0.15) is 10.6 Å². The van der Waals surface area contributed by atoms with E-state index < -0.39 is 10.0 Å². The van der Waals surface area contributed by atoms with Crippen molar-refractivity contribution in [2.24, 2.45) is 0 Å². The topological polar surface area (TPSA) is 55.2 Å². The summed E-state index contributed by atoms with van der Waals surface area (Å²) < 4.78 is 29.9. The van der Waals surface area contributed by atoms with E-state index in [2.05, 4.69) is 5.10 Å². The van der Waals surface area contributed by atoms with Crippen molar-refractivity contribution in [1.29, 1.82) is 0 Å². The zero-order valence-electron chi connectivity index (χ0n) is 15.0. The minimum Gasteiger partial charge on any atom is -0.239 e. The van der Waals surface area contributed by atoms with E-state index in [4.69, 9.17) is 0 Å². The van der Waals surface area contributed by atoms with Gasteiger partial charge in [-0.2, -0.15) is 9.40 Å². The molecule has 0 unspecified atom stereocenters. The number of rotatable bonds is 8. The van der Waals surface area contributed by atoms with E-state index in [0.29, 0.717) is 18.8 Å². The van der Waals surface area contributed by atoms with Gasteiger partial charge in [-0.25, -0.2) is 13.1 Å². The molecule has 2 aromatic heterocycles. The van der Waals surface area contributed by atoms with Crippen LogP contribution in [-0.2, 0) is 10.0 Å². The summed E-state index contributed by atoms with van der Waals surface area (Å²) in [4.78, 5) is 1.12. The SMILES string of the molecule is CCCN(CCC)S(=O)(=O)c1cn(-c2ccccc2)nc1-c1cccs1. The lowest BCUT2D eigenvalue weighted by atomic mass is 10.3. The maximum Gasteiger partial charge on any atom is 0.246 e. The van der Waals surface area contributed by atoms with E-state index in [9.17, 15) is 8.42 Å². The molecule has 2 heterocycles. The minimum atomic E-state index is -3.61. The van der Waals surface area contributed by atoms with Crippen molar-refractivity contribution in [3.63, 3.8) is 0 Å². The van der Waals surface area contributed by atoms with Gasteiger partial charge in [-0.05, 0) is 36.4 Å². The number of para-hydroxylation sites is 1. The van der Waals surface area contributed by atoms with Gasteiger partial charge >= 0.3 is 0 Å². The highest BCUT2D eigenvalue weighted by Crippen LogP contribution is 2.32. The molecule has 0 amide bonds. The Balaban J connectivity index is 2.14. The maximum absolute atomic E-state index is 13.4. The molecule has 7 heteroatoms. The molecule has 26 heavy (non-hydrogen) atoms. The third-order valence-electron chi connectivity index (χ3n) is 4.02. The second-order valence-electron chi connectivity index (χ2n) is 6.00. The lowest BCUT2D eigenvalue weighted by Crippen LogP contribution is -2.32. The van der Waals surface area contributed by atoms with Gasteiger partial charge in [0.2, 0.25) is 10.0 Å². The largest absolute Gasteiger partial charge is 0.246 e. The van der Waals surface area contributed by atoms with E-state index in [0.717, 1.165) is 23.4 Å². The van der Waals surface area contributed by atoms with Crippen LogP contribution in [0.25, 0.3) is 16.3 Å². The first-order valence-corrected chi connectivity index (χ1v) is 11.1. The number of thiophene rings is 1. The summed E-state index contributed by atoms with van der Waals surface area (Å²) in [5.74, 6) is 0. The lowest BCUT2D eigenvalue weighted by Gasteiger charge is -2.20. The molecule has 0 aliphatic rings. The molecule has 0 spiro atoms. The third-order valence-corrected chi connectivity index (χ3v) is 6.80. The normalized spacial score (nSPS) is 12.0. The van der Waals surface area contributed by atoms with Crippen LogP contribution in [0.2, 0.25) is 0 Å². The van der Waals surface area contributed by atoms with Crippen LogP contribution in [0.5, 0.6) is 0 Å². The standard InChI is InChI=1S/C19H23N3O2S2/c1-3-12-21(13-4-2)26(23,24)18-15-22(16-9-6-5-7-10-16)20-19(18)17-11-8-14-25-17/h5-11,14-15H,3-4,12-13H2,1-2H3. The van der Waals surface area contributed by atoms with E-state index >= 15 is 0 Å². The van der Waals surface area contributed by atoms with Crippen LogP contribution in [0.1, 0.15) is 26.7 Å². The monoisotopic (exact) mass is 389 g/mol. The molecular weight excluding hydrogens is 366 g/mol. The van der Waals surface area contributed by atoms with Gasteiger partial charge in [0.15, 0.2) is 0 Å². The second-order valence-corrected chi connectivity index (χ2v) is 8.86. The van der Waals surface area contributed by atoms with E-state index in [1.165, 1.54) is 11.3 Å². The van der Waals surface area contributed by atoms with Gasteiger partial charge in [-0.3, -0.25) is 0 Å². The number of nitrogens with zero attached hydrogens (tertiary/aromatic N) is 3. The Kier molecular flexibility index (Phi) is 5.90. The Bertz CT molecular complexity index is 927. The van der Waals surface area contributed by atoms with Gasteiger partial charge in [0, 0.05) is 13.1 Å². The second kappa shape index (κ2) is 8.16. The lowest BCUT2D eigenvalue weighted by molar-refractivity contribution is 0.410. The first-order chi connectivity index (χ1) is 12.6. The molecule has 0 aliphatic heterocycles. The molecule has 0 atom stereocenters. The zero-order chi connectivity index (χ0) is 18.6. The van der Waals surface area contributed by atoms with Crippen LogP contribution in [0.15, 0.2) is 58.9 Å². The maximum atomic E-state index is 13.4. The Labute approximate surface area is 159 Å². The molecule has 0 radical (unpaired) electrons. The average Bonchev–Trinajstić information content (AvgIpc) is 3.32. The van der Waals surface area contributed by atoms with Gasteiger partial charge in [0.25, 0.3) is 0 Å². The Morgan fingerprint density at radius 1 is 1.04 bits per heavy atom. The van der Waals surface area contributed by atoms with Crippen molar-refractivity contribution in [3.8, 4) is 16.3 Å². The van der Waals surface area contributed by atoms with Crippen LogP contribution in [0.3, 0.4) is 0 Å². The quantitative estimate of drug-likeness (QED) is 0.573. The van der Waals surface area contributed by atoms with Crippen LogP contribution in [-0.4, -0.2) is 35.6 Å². The Hall–Kier alpha value is -1.96. The smallest absolute Gasteiger partial charge is 0.239 e. The fraction of sp³-hybridized carbons (Fsp3) is 0.316. The highest BCUT2D eigenvalue weighted by molar-refractivity contribution is 7.89. The molecule has 5 nitrogen and oxygen atoms in total. The molecule has 0 saturated carbocycles. The summed E-state index contributed by atoms with van der Waals surface area (Å²) in [6.07, 6.45) is 3.19. The van der Waals surface area contributed by atoms with E-state index in [1.54, 1.807) is 15.2 Å². The van der Waals surface area contributed by atoms with Gasteiger partial charge < -0.3 is 0 Å². The van der Waals surface area contributed by atoms with Crippen LogP contribution < -0.4 is 0 Å². The minimum absolute atomic E-state index is 0.269. The molecular formula is C19H23N3O2S2. The summed E-state index contributed by atoms with van der Waals surface area (Å²) in [5, 5.41) is 6.55. The molecule has 0 N–H and O–H groups in total. The van der Waals surface area contributed by atoms with Crippen molar-refractivity contribution < 1.29 is 8.42 Å². The Morgan fingerprint density at radius 2 is 1.73 bits per heavy atom. The summed E-state index contributed by atoms with van der Waals surface area (Å²) in [6.45, 7) is 5.00.